The molecule has 0 fully saturated rings. The predicted molar refractivity (Wildman–Crippen MR) is 122 cm³/mol. The van der Waals surface area contributed by atoms with Crippen LogP contribution in [-0.2, 0) is 22.9 Å². The van der Waals surface area contributed by atoms with E-state index in [1.54, 1.807) is 21.3 Å². The van der Waals surface area contributed by atoms with E-state index < -0.39 is 8.80 Å². The van der Waals surface area contributed by atoms with Crippen molar-refractivity contribution >= 4 is 20.6 Å². The summed E-state index contributed by atoms with van der Waals surface area (Å²) in [5, 5.41) is 11.0. The Kier molecular flexibility index (Phi) is 23.0. The molecule has 0 radical (unpaired) electrons. The van der Waals surface area contributed by atoms with Gasteiger partial charge >= 0.3 is 8.80 Å². The molecule has 0 aliphatic rings. The van der Waals surface area contributed by atoms with Gasteiger partial charge in [0.25, 0.3) is 0 Å². The molecule has 0 saturated heterocycles. The Labute approximate surface area is 185 Å². The van der Waals surface area contributed by atoms with Crippen molar-refractivity contribution in [1.29, 1.82) is 5.26 Å². The molecule has 0 aromatic heterocycles. The van der Waals surface area contributed by atoms with Crippen LogP contribution in [0.3, 0.4) is 0 Å². The monoisotopic (exact) mass is 447 g/mol. The van der Waals surface area contributed by atoms with Crippen LogP contribution in [0.15, 0.2) is 0 Å². The summed E-state index contributed by atoms with van der Waals surface area (Å²) in [6.07, 6.45) is 3.47. The predicted octanol–water partition coefficient (Wildman–Crippen LogP) is 3.49. The number of amides is 2. The fraction of sp³-hybridized carbons (Fsp3) is 0.857. The Morgan fingerprint density at radius 1 is 0.967 bits per heavy atom. The molecule has 30 heavy (non-hydrogen) atoms. The number of carbonyl (C=O) groups excluding carboxylic acids is 2. The largest absolute Gasteiger partial charge is 0.500 e. The Morgan fingerprint density at radius 2 is 1.43 bits per heavy atom. The molecule has 0 heterocycles. The number of nitriles is 1. The van der Waals surface area contributed by atoms with Gasteiger partial charge in [-0.25, -0.2) is 0 Å². The van der Waals surface area contributed by atoms with Gasteiger partial charge in [-0.1, -0.05) is 34.6 Å². The molecule has 0 aliphatic carbocycles. The average molecular weight is 448 g/mol. The lowest BCUT2D eigenvalue weighted by Crippen LogP contribution is -2.43. The first kappa shape index (κ1) is 33.2. The van der Waals surface area contributed by atoms with Crippen LogP contribution in [0.5, 0.6) is 0 Å². The van der Waals surface area contributed by atoms with E-state index in [1.165, 1.54) is 0 Å². The van der Waals surface area contributed by atoms with Crippen LogP contribution >= 0.6 is 0 Å². The fourth-order valence-corrected chi connectivity index (χ4v) is 3.45. The second-order valence-corrected chi connectivity index (χ2v) is 10.2. The van der Waals surface area contributed by atoms with Gasteiger partial charge in [-0.05, 0) is 32.6 Å². The van der Waals surface area contributed by atoms with Gasteiger partial charge in [-0.2, -0.15) is 5.26 Å². The van der Waals surface area contributed by atoms with Gasteiger partial charge in [-0.15, -0.1) is 0 Å². The minimum absolute atomic E-state index is 0.0417. The van der Waals surface area contributed by atoms with Crippen LogP contribution in [0.25, 0.3) is 0 Å². The fourth-order valence-electron chi connectivity index (χ4n) is 1.72. The van der Waals surface area contributed by atoms with E-state index in [2.05, 4.69) is 11.4 Å². The van der Waals surface area contributed by atoms with Crippen molar-refractivity contribution in [2.24, 2.45) is 23.5 Å². The SMILES string of the molecule is CCC(C)C#N.CCC(C)C(=O)NCCC[Si](OC)(OC)OC.CCC(C)C(N)=O. The molecule has 3 unspecified atom stereocenters. The van der Waals surface area contributed by atoms with Crippen LogP contribution in [0.4, 0.5) is 0 Å². The molecule has 0 aromatic carbocycles. The lowest BCUT2D eigenvalue weighted by Gasteiger charge is -2.24. The molecule has 9 heteroatoms. The van der Waals surface area contributed by atoms with E-state index in [-0.39, 0.29) is 29.6 Å². The van der Waals surface area contributed by atoms with Gasteiger partial charge in [-0.3, -0.25) is 9.59 Å². The number of carbonyl (C=O) groups is 2. The summed E-state index contributed by atoms with van der Waals surface area (Å²) in [6.45, 7) is 12.2. The maximum atomic E-state index is 11.5. The molecule has 0 spiro atoms. The second kappa shape index (κ2) is 20.8. The Morgan fingerprint density at radius 3 is 1.67 bits per heavy atom. The summed E-state index contributed by atoms with van der Waals surface area (Å²) in [5.74, 6) is 0.254. The lowest BCUT2D eigenvalue weighted by molar-refractivity contribution is -0.124. The number of rotatable bonds is 12. The Bertz CT molecular complexity index is 473. The highest BCUT2D eigenvalue weighted by molar-refractivity contribution is 6.60. The number of hydrogen-bond donors (Lipinski definition) is 2. The summed E-state index contributed by atoms with van der Waals surface area (Å²) >= 11 is 0. The van der Waals surface area contributed by atoms with Crippen molar-refractivity contribution in [3.63, 3.8) is 0 Å². The van der Waals surface area contributed by atoms with E-state index >= 15 is 0 Å². The van der Waals surface area contributed by atoms with Gasteiger partial charge in [0.1, 0.15) is 0 Å². The first-order valence-electron chi connectivity index (χ1n) is 10.7. The quantitative estimate of drug-likeness (QED) is 0.348. The average Bonchev–Trinajstić information content (AvgIpc) is 2.78. The molecule has 3 N–H and O–H groups in total. The third kappa shape index (κ3) is 17.4. The van der Waals surface area contributed by atoms with Gasteiger partial charge < -0.3 is 24.3 Å². The molecule has 0 rings (SSSR count). The van der Waals surface area contributed by atoms with Crippen molar-refractivity contribution in [3.8, 4) is 6.07 Å². The highest BCUT2D eigenvalue weighted by atomic mass is 28.4. The van der Waals surface area contributed by atoms with Crippen molar-refractivity contribution in [3.05, 3.63) is 0 Å². The Hall–Kier alpha value is -1.47. The molecule has 178 valence electrons. The highest BCUT2D eigenvalue weighted by Gasteiger charge is 2.36. The van der Waals surface area contributed by atoms with Crippen LogP contribution in [-0.4, -0.2) is 48.5 Å². The first-order valence-corrected chi connectivity index (χ1v) is 12.6. The van der Waals surface area contributed by atoms with E-state index in [1.807, 2.05) is 41.5 Å². The van der Waals surface area contributed by atoms with Crippen molar-refractivity contribution in [1.82, 2.24) is 5.32 Å². The van der Waals surface area contributed by atoms with Crippen LogP contribution in [0.2, 0.25) is 6.04 Å². The van der Waals surface area contributed by atoms with E-state index in [0.717, 1.165) is 25.7 Å². The van der Waals surface area contributed by atoms with Crippen LogP contribution in [0.1, 0.15) is 67.2 Å². The van der Waals surface area contributed by atoms with Gasteiger partial charge in [0, 0.05) is 51.7 Å². The highest BCUT2D eigenvalue weighted by Crippen LogP contribution is 2.14. The maximum Gasteiger partial charge on any atom is 0.500 e. The minimum Gasteiger partial charge on any atom is -0.377 e. The Balaban J connectivity index is -0.000000459. The number of primary amides is 1. The van der Waals surface area contributed by atoms with Gasteiger partial charge in [0.05, 0.1) is 6.07 Å². The normalized spacial score (nSPS) is 13.3. The number of nitrogens with one attached hydrogen (secondary N) is 1. The third-order valence-corrected chi connectivity index (χ3v) is 7.71. The standard InChI is InChI=1S/C11H25NO4Si.C5H11NO.C5H9N/c1-6-10(2)11(13)12-8-7-9-17(14-3,15-4)16-5;1-3-4(2)5(6)7;1-3-5(2)4-6/h10H,6-9H2,1-5H3,(H,12,13);4H,3H2,1-2H3,(H2,6,7);5H,3H2,1-2H3. The summed E-state index contributed by atoms with van der Waals surface area (Å²) < 4.78 is 15.9. The van der Waals surface area contributed by atoms with Crippen LogP contribution < -0.4 is 11.1 Å². The lowest BCUT2D eigenvalue weighted by atomic mass is 10.1. The summed E-state index contributed by atoms with van der Waals surface area (Å²) in [7, 11) is 2.31. The molecular weight excluding hydrogens is 402 g/mol. The molecule has 0 bridgehead atoms. The maximum absolute atomic E-state index is 11.5. The molecule has 0 saturated carbocycles. The van der Waals surface area contributed by atoms with E-state index in [4.69, 9.17) is 24.3 Å². The zero-order valence-electron chi connectivity index (χ0n) is 20.5. The van der Waals surface area contributed by atoms with Gasteiger partial charge in [0.15, 0.2) is 0 Å². The van der Waals surface area contributed by atoms with Gasteiger partial charge in [0.2, 0.25) is 11.8 Å². The van der Waals surface area contributed by atoms with Crippen molar-refractivity contribution in [2.45, 2.75) is 73.3 Å². The topological polar surface area (TPSA) is 124 Å². The van der Waals surface area contributed by atoms with Crippen molar-refractivity contribution < 1.29 is 22.9 Å². The first-order chi connectivity index (χ1) is 14.0. The molecule has 8 nitrogen and oxygen atoms in total. The summed E-state index contributed by atoms with van der Waals surface area (Å²) in [6, 6.07) is 2.82. The molecule has 0 aliphatic heterocycles. The second-order valence-electron chi connectivity index (χ2n) is 7.15. The molecule has 3 atom stereocenters. The molecular formula is C21H45N3O5Si. The van der Waals surface area contributed by atoms with E-state index in [9.17, 15) is 9.59 Å². The zero-order chi connectivity index (χ0) is 24.2. The number of nitrogens with two attached hydrogens (primary N) is 1. The minimum atomic E-state index is -2.48. The van der Waals surface area contributed by atoms with E-state index in [0.29, 0.717) is 12.6 Å². The number of nitrogens with zero attached hydrogens (tertiary/aromatic N) is 1. The van der Waals surface area contributed by atoms with Crippen molar-refractivity contribution in [2.75, 3.05) is 27.9 Å². The summed E-state index contributed by atoms with van der Waals surface area (Å²) in [5.41, 5.74) is 4.91. The van der Waals surface area contributed by atoms with Crippen LogP contribution in [0, 0.1) is 29.1 Å². The smallest absolute Gasteiger partial charge is 0.377 e. The summed E-state index contributed by atoms with van der Waals surface area (Å²) in [4.78, 5) is 21.7. The zero-order valence-corrected chi connectivity index (χ0v) is 21.5. The number of hydrogen-bond acceptors (Lipinski definition) is 6. The third-order valence-electron chi connectivity index (χ3n) is 4.88. The molecule has 0 aromatic rings. The molecule has 2 amide bonds.